The van der Waals surface area contributed by atoms with Crippen LogP contribution in [0.1, 0.15) is 18.4 Å². The summed E-state index contributed by atoms with van der Waals surface area (Å²) in [7, 11) is 3.49. The Morgan fingerprint density at radius 1 is 1.50 bits per heavy atom. The van der Waals surface area contributed by atoms with Gasteiger partial charge in [0.2, 0.25) is 0 Å². The zero-order chi connectivity index (χ0) is 13.0. The number of methoxy groups -OCH3 is 1. The molecule has 1 heterocycles. The van der Waals surface area contributed by atoms with Gasteiger partial charge in [-0.25, -0.2) is 0 Å². The molecule has 1 aliphatic rings. The van der Waals surface area contributed by atoms with Gasteiger partial charge in [-0.05, 0) is 30.5 Å². The molecular formula is C14H19NO3. The summed E-state index contributed by atoms with van der Waals surface area (Å²) >= 11 is 0. The molecule has 0 spiro atoms. The SMILES string of the molecule is COC(=O)CCCc1ccc2c(c1)N(C)CCO2. The maximum absolute atomic E-state index is 11.0. The third-order valence-corrected chi connectivity index (χ3v) is 3.19. The quantitative estimate of drug-likeness (QED) is 0.765. The molecule has 0 aliphatic carbocycles. The van der Waals surface area contributed by atoms with Gasteiger partial charge in [-0.3, -0.25) is 4.79 Å². The molecule has 0 saturated heterocycles. The van der Waals surface area contributed by atoms with Crippen molar-refractivity contribution in [2.45, 2.75) is 19.3 Å². The lowest BCUT2D eigenvalue weighted by Gasteiger charge is -2.28. The van der Waals surface area contributed by atoms with Crippen molar-refractivity contribution in [1.82, 2.24) is 0 Å². The van der Waals surface area contributed by atoms with E-state index in [1.54, 1.807) is 0 Å². The second-order valence-electron chi connectivity index (χ2n) is 4.50. The lowest BCUT2D eigenvalue weighted by molar-refractivity contribution is -0.140. The molecule has 98 valence electrons. The molecule has 1 aromatic rings. The number of fused-ring (bicyclic) bond motifs is 1. The number of carbonyl (C=O) groups is 1. The zero-order valence-corrected chi connectivity index (χ0v) is 10.9. The number of aryl methyl sites for hydroxylation is 1. The molecule has 0 bridgehead atoms. The van der Waals surface area contributed by atoms with E-state index in [4.69, 9.17) is 4.74 Å². The number of benzene rings is 1. The summed E-state index contributed by atoms with van der Waals surface area (Å²) in [5, 5.41) is 0. The van der Waals surface area contributed by atoms with Crippen LogP contribution in [0, 0.1) is 0 Å². The van der Waals surface area contributed by atoms with E-state index in [0.717, 1.165) is 37.4 Å². The molecule has 0 N–H and O–H groups in total. The largest absolute Gasteiger partial charge is 0.490 e. The van der Waals surface area contributed by atoms with Crippen LogP contribution < -0.4 is 9.64 Å². The van der Waals surface area contributed by atoms with Crippen molar-refractivity contribution in [3.63, 3.8) is 0 Å². The maximum atomic E-state index is 11.0. The van der Waals surface area contributed by atoms with Crippen LogP contribution in [0.2, 0.25) is 0 Å². The predicted molar refractivity (Wildman–Crippen MR) is 70.2 cm³/mol. The van der Waals surface area contributed by atoms with Gasteiger partial charge in [-0.1, -0.05) is 6.07 Å². The number of carbonyl (C=O) groups excluding carboxylic acids is 1. The Morgan fingerprint density at radius 2 is 2.33 bits per heavy atom. The standard InChI is InChI=1S/C14H19NO3/c1-15-8-9-18-13-7-6-11(10-12(13)15)4-3-5-14(16)17-2/h6-7,10H,3-5,8-9H2,1-2H3. The zero-order valence-electron chi connectivity index (χ0n) is 10.9. The van der Waals surface area contributed by atoms with Crippen LogP contribution >= 0.6 is 0 Å². The van der Waals surface area contributed by atoms with E-state index < -0.39 is 0 Å². The first kappa shape index (κ1) is 12.7. The molecule has 0 atom stereocenters. The topological polar surface area (TPSA) is 38.8 Å². The Labute approximate surface area is 107 Å². The maximum Gasteiger partial charge on any atom is 0.305 e. The highest BCUT2D eigenvalue weighted by atomic mass is 16.5. The fraction of sp³-hybridized carbons (Fsp3) is 0.500. The third kappa shape index (κ3) is 2.94. The number of anilines is 1. The van der Waals surface area contributed by atoms with Crippen LogP contribution in [0.25, 0.3) is 0 Å². The number of likely N-dealkylation sites (N-methyl/N-ethyl adjacent to an activating group) is 1. The highest BCUT2D eigenvalue weighted by Gasteiger charge is 2.14. The summed E-state index contributed by atoms with van der Waals surface area (Å²) in [5.74, 6) is 0.800. The van der Waals surface area contributed by atoms with Gasteiger partial charge in [0.05, 0.1) is 19.3 Å². The van der Waals surface area contributed by atoms with Gasteiger partial charge in [0.1, 0.15) is 12.4 Å². The van der Waals surface area contributed by atoms with Crippen molar-refractivity contribution in [1.29, 1.82) is 0 Å². The van der Waals surface area contributed by atoms with Gasteiger partial charge >= 0.3 is 5.97 Å². The first-order chi connectivity index (χ1) is 8.70. The molecule has 0 unspecified atom stereocenters. The third-order valence-electron chi connectivity index (χ3n) is 3.19. The summed E-state index contributed by atoms with van der Waals surface area (Å²) in [5.41, 5.74) is 2.37. The fourth-order valence-electron chi connectivity index (χ4n) is 2.09. The van der Waals surface area contributed by atoms with Gasteiger partial charge in [0, 0.05) is 13.5 Å². The van der Waals surface area contributed by atoms with E-state index in [1.165, 1.54) is 12.7 Å². The van der Waals surface area contributed by atoms with Crippen LogP contribution in [0.4, 0.5) is 5.69 Å². The van der Waals surface area contributed by atoms with Crippen LogP contribution in [-0.2, 0) is 16.0 Å². The van der Waals surface area contributed by atoms with Gasteiger partial charge in [0.15, 0.2) is 0 Å². The summed E-state index contributed by atoms with van der Waals surface area (Å²) < 4.78 is 10.2. The van der Waals surface area contributed by atoms with Crippen molar-refractivity contribution in [2.75, 3.05) is 32.2 Å². The normalized spacial score (nSPS) is 13.8. The number of nitrogens with zero attached hydrogens (tertiary/aromatic N) is 1. The van der Waals surface area contributed by atoms with Crippen LogP contribution in [0.5, 0.6) is 5.75 Å². The van der Waals surface area contributed by atoms with Crippen LogP contribution in [0.15, 0.2) is 18.2 Å². The number of ether oxygens (including phenoxy) is 2. The van der Waals surface area contributed by atoms with Gasteiger partial charge in [0.25, 0.3) is 0 Å². The average Bonchev–Trinajstić information content (AvgIpc) is 2.39. The Kier molecular flexibility index (Phi) is 4.07. The highest BCUT2D eigenvalue weighted by Crippen LogP contribution is 2.31. The van der Waals surface area contributed by atoms with Crippen molar-refractivity contribution in [2.24, 2.45) is 0 Å². The highest BCUT2D eigenvalue weighted by molar-refractivity contribution is 5.69. The lowest BCUT2D eigenvalue weighted by Crippen LogP contribution is -2.28. The Morgan fingerprint density at radius 3 is 3.11 bits per heavy atom. The Hall–Kier alpha value is -1.71. The second-order valence-corrected chi connectivity index (χ2v) is 4.50. The molecule has 0 radical (unpaired) electrons. The molecule has 4 heteroatoms. The number of rotatable bonds is 4. The second kappa shape index (κ2) is 5.76. The number of esters is 1. The van der Waals surface area contributed by atoms with E-state index in [1.807, 2.05) is 6.07 Å². The summed E-state index contributed by atoms with van der Waals surface area (Å²) in [6.07, 6.45) is 2.17. The van der Waals surface area contributed by atoms with Crippen molar-refractivity contribution in [3.05, 3.63) is 23.8 Å². The molecule has 0 amide bonds. The first-order valence-corrected chi connectivity index (χ1v) is 6.24. The van der Waals surface area contributed by atoms with E-state index in [9.17, 15) is 4.79 Å². The number of hydrogen-bond acceptors (Lipinski definition) is 4. The average molecular weight is 249 g/mol. The molecule has 4 nitrogen and oxygen atoms in total. The van der Waals surface area contributed by atoms with E-state index >= 15 is 0 Å². The monoisotopic (exact) mass is 249 g/mol. The molecular weight excluding hydrogens is 230 g/mol. The molecule has 0 aromatic heterocycles. The van der Waals surface area contributed by atoms with E-state index in [0.29, 0.717) is 6.42 Å². The van der Waals surface area contributed by atoms with Crippen molar-refractivity contribution < 1.29 is 14.3 Å². The van der Waals surface area contributed by atoms with Gasteiger partial charge in [-0.2, -0.15) is 0 Å². The molecule has 1 aromatic carbocycles. The molecule has 18 heavy (non-hydrogen) atoms. The predicted octanol–water partition coefficient (Wildman–Crippen LogP) is 2.01. The van der Waals surface area contributed by atoms with Gasteiger partial charge < -0.3 is 14.4 Å². The minimum atomic E-state index is -0.145. The minimum absolute atomic E-state index is 0.145. The Bertz CT molecular complexity index is 431. The smallest absolute Gasteiger partial charge is 0.305 e. The molecule has 0 fully saturated rings. The minimum Gasteiger partial charge on any atom is -0.490 e. The summed E-state index contributed by atoms with van der Waals surface area (Å²) in [4.78, 5) is 13.2. The lowest BCUT2D eigenvalue weighted by atomic mass is 10.1. The summed E-state index contributed by atoms with van der Waals surface area (Å²) in [6, 6.07) is 6.22. The van der Waals surface area contributed by atoms with Crippen LogP contribution in [0.3, 0.4) is 0 Å². The fourth-order valence-corrected chi connectivity index (χ4v) is 2.09. The Balaban J connectivity index is 1.98. The van der Waals surface area contributed by atoms with Crippen molar-refractivity contribution in [3.8, 4) is 5.75 Å². The van der Waals surface area contributed by atoms with E-state index in [2.05, 4.69) is 28.8 Å². The van der Waals surface area contributed by atoms with E-state index in [-0.39, 0.29) is 5.97 Å². The van der Waals surface area contributed by atoms with Gasteiger partial charge in [-0.15, -0.1) is 0 Å². The summed E-state index contributed by atoms with van der Waals surface area (Å²) in [6.45, 7) is 1.66. The first-order valence-electron chi connectivity index (χ1n) is 6.24. The molecule has 1 aliphatic heterocycles. The van der Waals surface area contributed by atoms with Crippen LogP contribution in [-0.4, -0.2) is 33.3 Å². The van der Waals surface area contributed by atoms with Crippen molar-refractivity contribution >= 4 is 11.7 Å². The number of hydrogen-bond donors (Lipinski definition) is 0. The molecule has 0 saturated carbocycles. The molecule has 2 rings (SSSR count).